The average molecular weight is 485 g/mol. The number of rotatable bonds is 5. The largest absolute Gasteiger partial charge is 0.389 e. The second-order valence-corrected chi connectivity index (χ2v) is 8.48. The molecule has 3 heterocycles. The number of benzene rings is 2. The lowest BCUT2D eigenvalue weighted by Crippen LogP contribution is -2.48. The van der Waals surface area contributed by atoms with Crippen LogP contribution in [-0.2, 0) is 18.3 Å². The summed E-state index contributed by atoms with van der Waals surface area (Å²) >= 11 is 0. The van der Waals surface area contributed by atoms with Crippen molar-refractivity contribution in [3.8, 4) is 11.1 Å². The van der Waals surface area contributed by atoms with Gasteiger partial charge in [-0.3, -0.25) is 14.2 Å². The molecular formula is C24H22F3N5O3. The summed E-state index contributed by atoms with van der Waals surface area (Å²) in [5.41, 5.74) is 0.917. The van der Waals surface area contributed by atoms with E-state index in [1.807, 2.05) is 0 Å². The molecule has 2 aromatic heterocycles. The van der Waals surface area contributed by atoms with Crippen LogP contribution in [0.4, 0.5) is 13.2 Å². The van der Waals surface area contributed by atoms with E-state index in [2.05, 4.69) is 15.5 Å². The monoisotopic (exact) mass is 485 g/mol. The van der Waals surface area contributed by atoms with Crippen molar-refractivity contribution in [2.75, 3.05) is 13.2 Å². The van der Waals surface area contributed by atoms with E-state index in [0.29, 0.717) is 18.6 Å². The van der Waals surface area contributed by atoms with Gasteiger partial charge in [0.15, 0.2) is 5.69 Å². The van der Waals surface area contributed by atoms with E-state index < -0.39 is 35.5 Å². The highest BCUT2D eigenvalue weighted by Crippen LogP contribution is 2.27. The standard InChI is InChI=1S/C24H22F3N5O3/c1-31-10-15(9-28-31)13-2-3-14(18(27)8-13)11-32-23-17(26)5-4-16(25)21(23)22(30-32)24(34)29-19-6-7-35-12-20(19)33/h2-5,8-10,19-20,33H,6-7,11-12H2,1H3,(H,29,34). The molecule has 0 bridgehead atoms. The number of carbonyl (C=O) groups excluding carboxylic acids is 1. The maximum Gasteiger partial charge on any atom is 0.272 e. The Bertz CT molecular complexity index is 1420. The SMILES string of the molecule is Cn1cc(-c2ccc(Cn3nc(C(=O)NC4CCOCC4O)c4c(F)ccc(F)c43)c(F)c2)cn1. The number of ether oxygens (including phenoxy) is 1. The first-order valence-electron chi connectivity index (χ1n) is 11.0. The maximum absolute atomic E-state index is 15.0. The number of aromatic nitrogens is 4. The number of amides is 1. The van der Waals surface area contributed by atoms with Gasteiger partial charge in [0.1, 0.15) is 23.0 Å². The van der Waals surface area contributed by atoms with Crippen LogP contribution in [0.3, 0.4) is 0 Å². The lowest BCUT2D eigenvalue weighted by Gasteiger charge is -2.28. The number of carbonyl (C=O) groups is 1. The van der Waals surface area contributed by atoms with Gasteiger partial charge in [0.05, 0.1) is 36.9 Å². The summed E-state index contributed by atoms with van der Waals surface area (Å²) in [4.78, 5) is 13.0. The third-order valence-electron chi connectivity index (χ3n) is 6.06. The molecule has 4 aromatic rings. The zero-order chi connectivity index (χ0) is 24.7. The zero-order valence-electron chi connectivity index (χ0n) is 18.7. The lowest BCUT2D eigenvalue weighted by molar-refractivity contribution is -0.0261. The van der Waals surface area contributed by atoms with Crippen molar-refractivity contribution in [3.05, 3.63) is 71.4 Å². The minimum Gasteiger partial charge on any atom is -0.389 e. The van der Waals surface area contributed by atoms with Gasteiger partial charge in [-0.15, -0.1) is 0 Å². The van der Waals surface area contributed by atoms with Crippen molar-refractivity contribution in [2.45, 2.75) is 25.1 Å². The number of aliphatic hydroxyl groups excluding tert-OH is 1. The van der Waals surface area contributed by atoms with Gasteiger partial charge < -0.3 is 15.2 Å². The normalized spacial score (nSPS) is 18.2. The van der Waals surface area contributed by atoms with Crippen LogP contribution in [0.1, 0.15) is 22.5 Å². The van der Waals surface area contributed by atoms with Crippen molar-refractivity contribution in [1.82, 2.24) is 24.9 Å². The third kappa shape index (κ3) is 4.40. The first-order chi connectivity index (χ1) is 16.8. The van der Waals surface area contributed by atoms with E-state index in [-0.39, 0.29) is 35.3 Å². The van der Waals surface area contributed by atoms with E-state index in [9.17, 15) is 23.1 Å². The van der Waals surface area contributed by atoms with Gasteiger partial charge in [-0.05, 0) is 30.2 Å². The predicted octanol–water partition coefficient (Wildman–Crippen LogP) is 2.78. The topological polar surface area (TPSA) is 94.2 Å². The van der Waals surface area contributed by atoms with Crippen molar-refractivity contribution in [1.29, 1.82) is 0 Å². The molecule has 8 nitrogen and oxygen atoms in total. The van der Waals surface area contributed by atoms with Crippen molar-refractivity contribution >= 4 is 16.8 Å². The van der Waals surface area contributed by atoms with Crippen LogP contribution in [-0.4, -0.2) is 55.9 Å². The number of hydrogen-bond acceptors (Lipinski definition) is 5. The summed E-state index contributed by atoms with van der Waals surface area (Å²) in [6.45, 7) is 0.162. The second-order valence-electron chi connectivity index (χ2n) is 8.48. The molecule has 0 saturated carbocycles. The summed E-state index contributed by atoms with van der Waals surface area (Å²) in [6, 6.07) is 5.77. The third-order valence-corrected chi connectivity index (χ3v) is 6.06. The first kappa shape index (κ1) is 23.1. The molecule has 11 heteroatoms. The molecule has 1 saturated heterocycles. The van der Waals surface area contributed by atoms with E-state index in [0.717, 1.165) is 22.4 Å². The van der Waals surface area contributed by atoms with E-state index >= 15 is 0 Å². The molecule has 1 aliphatic rings. The molecule has 182 valence electrons. The smallest absolute Gasteiger partial charge is 0.272 e. The molecule has 2 N–H and O–H groups in total. The quantitative estimate of drug-likeness (QED) is 0.454. The van der Waals surface area contributed by atoms with E-state index in [4.69, 9.17) is 4.74 Å². The summed E-state index contributed by atoms with van der Waals surface area (Å²) < 4.78 is 52.4. The Kier molecular flexibility index (Phi) is 6.03. The van der Waals surface area contributed by atoms with Crippen LogP contribution < -0.4 is 5.32 Å². The highest BCUT2D eigenvalue weighted by molar-refractivity contribution is 6.05. The van der Waals surface area contributed by atoms with E-state index in [1.165, 1.54) is 12.1 Å². The van der Waals surface area contributed by atoms with Gasteiger partial charge in [0, 0.05) is 31.0 Å². The number of nitrogens with zero attached hydrogens (tertiary/aromatic N) is 4. The fourth-order valence-electron chi connectivity index (χ4n) is 4.23. The van der Waals surface area contributed by atoms with Crippen LogP contribution in [0.2, 0.25) is 0 Å². The minimum atomic E-state index is -0.935. The molecule has 1 amide bonds. The van der Waals surface area contributed by atoms with Gasteiger partial charge in [-0.25, -0.2) is 13.2 Å². The molecule has 0 spiro atoms. The second kappa shape index (κ2) is 9.16. The van der Waals surface area contributed by atoms with Gasteiger partial charge >= 0.3 is 0 Å². The van der Waals surface area contributed by atoms with Crippen LogP contribution in [0.15, 0.2) is 42.7 Å². The Morgan fingerprint density at radius 2 is 1.97 bits per heavy atom. The van der Waals surface area contributed by atoms with Crippen LogP contribution in [0.5, 0.6) is 0 Å². The Hall–Kier alpha value is -3.70. The molecule has 0 radical (unpaired) electrons. The summed E-state index contributed by atoms with van der Waals surface area (Å²) in [5.74, 6) is -2.97. The Morgan fingerprint density at radius 1 is 1.17 bits per heavy atom. The summed E-state index contributed by atoms with van der Waals surface area (Å²) in [7, 11) is 1.75. The zero-order valence-corrected chi connectivity index (χ0v) is 18.7. The minimum absolute atomic E-state index is 0.0530. The Morgan fingerprint density at radius 3 is 2.69 bits per heavy atom. The lowest BCUT2D eigenvalue weighted by atomic mass is 10.1. The van der Waals surface area contributed by atoms with Crippen LogP contribution in [0.25, 0.3) is 22.0 Å². The van der Waals surface area contributed by atoms with Crippen molar-refractivity contribution < 1.29 is 27.8 Å². The highest BCUT2D eigenvalue weighted by atomic mass is 19.1. The molecule has 2 atom stereocenters. The van der Waals surface area contributed by atoms with E-state index in [1.54, 1.807) is 30.2 Å². The van der Waals surface area contributed by atoms with Crippen molar-refractivity contribution in [2.24, 2.45) is 7.05 Å². The Balaban J connectivity index is 1.50. The molecule has 0 aliphatic carbocycles. The molecule has 1 aliphatic heterocycles. The molecule has 2 aromatic carbocycles. The summed E-state index contributed by atoms with van der Waals surface area (Å²) in [5, 5.41) is 20.6. The number of hydrogen-bond donors (Lipinski definition) is 2. The van der Waals surface area contributed by atoms with Gasteiger partial charge in [0.25, 0.3) is 5.91 Å². The van der Waals surface area contributed by atoms with Crippen molar-refractivity contribution in [3.63, 3.8) is 0 Å². The average Bonchev–Trinajstić information content (AvgIpc) is 3.44. The number of aliphatic hydroxyl groups is 1. The number of aryl methyl sites for hydroxylation is 1. The Labute approximate surface area is 197 Å². The maximum atomic E-state index is 15.0. The van der Waals surface area contributed by atoms with Gasteiger partial charge in [0.2, 0.25) is 0 Å². The fourth-order valence-corrected chi connectivity index (χ4v) is 4.23. The molecule has 1 fully saturated rings. The van der Waals surface area contributed by atoms with Crippen LogP contribution >= 0.6 is 0 Å². The first-order valence-corrected chi connectivity index (χ1v) is 11.0. The molecule has 5 rings (SSSR count). The number of fused-ring (bicyclic) bond motifs is 1. The van der Waals surface area contributed by atoms with Crippen LogP contribution in [0, 0.1) is 17.5 Å². The highest BCUT2D eigenvalue weighted by Gasteiger charge is 2.29. The fraction of sp³-hybridized carbons (Fsp3) is 0.292. The number of nitrogens with one attached hydrogen (secondary N) is 1. The van der Waals surface area contributed by atoms with Gasteiger partial charge in [-0.1, -0.05) is 12.1 Å². The van der Waals surface area contributed by atoms with Gasteiger partial charge in [-0.2, -0.15) is 10.2 Å². The molecule has 2 unspecified atom stereocenters. The molecule has 35 heavy (non-hydrogen) atoms. The number of halogens is 3. The summed E-state index contributed by atoms with van der Waals surface area (Å²) in [6.07, 6.45) is 2.77. The molecular weight excluding hydrogens is 463 g/mol. The predicted molar refractivity (Wildman–Crippen MR) is 120 cm³/mol.